The lowest BCUT2D eigenvalue weighted by molar-refractivity contribution is 0.291. The zero-order chi connectivity index (χ0) is 17.2. The zero-order valence-corrected chi connectivity index (χ0v) is 14.9. The van der Waals surface area contributed by atoms with E-state index in [0.717, 1.165) is 16.7 Å². The number of aromatic nitrogens is 3. The third kappa shape index (κ3) is 3.28. The van der Waals surface area contributed by atoms with Gasteiger partial charge >= 0.3 is 0 Å². The summed E-state index contributed by atoms with van der Waals surface area (Å²) in [5, 5.41) is 9.45. The van der Waals surface area contributed by atoms with Crippen LogP contribution in [0.4, 0.5) is 5.69 Å². The second-order valence-electron chi connectivity index (χ2n) is 5.95. The molecular formula is C18H19N5OS. The Balaban J connectivity index is 1.45. The van der Waals surface area contributed by atoms with Crippen molar-refractivity contribution in [2.75, 3.05) is 24.4 Å². The molecule has 0 aliphatic carbocycles. The van der Waals surface area contributed by atoms with Crippen LogP contribution in [0.25, 0.3) is 0 Å². The van der Waals surface area contributed by atoms with Gasteiger partial charge < -0.3 is 15.1 Å². The Morgan fingerprint density at radius 1 is 1.08 bits per heavy atom. The van der Waals surface area contributed by atoms with E-state index in [0.29, 0.717) is 6.61 Å². The van der Waals surface area contributed by atoms with Crippen molar-refractivity contribution in [3.63, 3.8) is 0 Å². The van der Waals surface area contributed by atoms with Crippen LogP contribution in [-0.2, 0) is 6.61 Å². The lowest BCUT2D eigenvalue weighted by Crippen LogP contribution is -2.17. The minimum absolute atomic E-state index is 0.122. The summed E-state index contributed by atoms with van der Waals surface area (Å²) in [5.41, 5.74) is 5.83. The average molecular weight is 353 g/mol. The van der Waals surface area contributed by atoms with E-state index in [1.54, 1.807) is 11.8 Å². The second kappa shape index (κ2) is 6.68. The van der Waals surface area contributed by atoms with Crippen LogP contribution >= 0.6 is 11.8 Å². The number of hydrogen-bond acceptors (Lipinski definition) is 6. The summed E-state index contributed by atoms with van der Waals surface area (Å²) in [4.78, 5) is 2.09. The largest absolute Gasteiger partial charge is 0.486 e. The van der Waals surface area contributed by atoms with Crippen LogP contribution < -0.4 is 15.1 Å². The van der Waals surface area contributed by atoms with Gasteiger partial charge in [-0.3, -0.25) is 0 Å². The third-order valence-corrected chi connectivity index (χ3v) is 5.08. The average Bonchev–Trinajstić information content (AvgIpc) is 3.22. The number of ether oxygens (including phenoxy) is 1. The molecule has 25 heavy (non-hydrogen) atoms. The number of thioether (sulfide) groups is 1. The van der Waals surface area contributed by atoms with E-state index in [9.17, 15) is 0 Å². The van der Waals surface area contributed by atoms with E-state index >= 15 is 0 Å². The first-order valence-electron chi connectivity index (χ1n) is 8.03. The standard InChI is InChI=1S/C18H19N5OS/c1-22(2)14-10-8-13(9-11-14)17-21-23-16(19-20-18(23)25-17)12-24-15-6-4-3-5-7-15/h3-11,17,21H,12H2,1-2H3. The molecule has 128 valence electrons. The van der Waals surface area contributed by atoms with Crippen LogP contribution in [0, 0.1) is 0 Å². The second-order valence-corrected chi connectivity index (χ2v) is 7.02. The normalized spacial score (nSPS) is 15.5. The molecule has 0 spiro atoms. The van der Waals surface area contributed by atoms with Gasteiger partial charge in [-0.25, -0.2) is 4.68 Å². The van der Waals surface area contributed by atoms with Crippen LogP contribution in [0.1, 0.15) is 16.8 Å². The summed E-state index contributed by atoms with van der Waals surface area (Å²) in [5.74, 6) is 1.58. The van der Waals surface area contributed by atoms with E-state index in [1.165, 1.54) is 11.3 Å². The molecule has 1 N–H and O–H groups in total. The Morgan fingerprint density at radius 2 is 1.84 bits per heavy atom. The van der Waals surface area contributed by atoms with Crippen LogP contribution in [0.5, 0.6) is 5.75 Å². The fourth-order valence-electron chi connectivity index (χ4n) is 2.60. The monoisotopic (exact) mass is 353 g/mol. The number of hydrogen-bond donors (Lipinski definition) is 1. The molecule has 2 aromatic carbocycles. The number of rotatable bonds is 5. The summed E-state index contributed by atoms with van der Waals surface area (Å²) in [6.45, 7) is 0.372. The molecular weight excluding hydrogens is 334 g/mol. The topological polar surface area (TPSA) is 55.2 Å². The molecule has 1 unspecified atom stereocenters. The molecule has 1 aromatic heterocycles. The smallest absolute Gasteiger partial charge is 0.212 e. The highest BCUT2D eigenvalue weighted by Gasteiger charge is 2.27. The van der Waals surface area contributed by atoms with Gasteiger partial charge in [0.1, 0.15) is 17.7 Å². The molecule has 6 nitrogen and oxygen atoms in total. The third-order valence-electron chi connectivity index (χ3n) is 3.99. The van der Waals surface area contributed by atoms with Crippen molar-refractivity contribution in [1.29, 1.82) is 0 Å². The molecule has 0 bridgehead atoms. The number of anilines is 1. The molecule has 4 rings (SSSR count). The van der Waals surface area contributed by atoms with Gasteiger partial charge in [-0.05, 0) is 29.8 Å². The van der Waals surface area contributed by atoms with Gasteiger partial charge in [0.05, 0.1) is 0 Å². The number of para-hydroxylation sites is 1. The van der Waals surface area contributed by atoms with Gasteiger partial charge in [-0.15, -0.1) is 10.2 Å². The Morgan fingerprint density at radius 3 is 2.56 bits per heavy atom. The fourth-order valence-corrected chi connectivity index (χ4v) is 3.62. The molecule has 0 saturated heterocycles. The molecule has 3 aromatic rings. The van der Waals surface area contributed by atoms with Crippen molar-refractivity contribution in [2.24, 2.45) is 0 Å². The van der Waals surface area contributed by atoms with Crippen molar-refractivity contribution in [2.45, 2.75) is 17.1 Å². The van der Waals surface area contributed by atoms with Crippen molar-refractivity contribution < 1.29 is 4.74 Å². The SMILES string of the molecule is CN(C)c1ccc(C2Nn3c(COc4ccccc4)nnc3S2)cc1. The molecule has 1 aliphatic rings. The Bertz CT molecular complexity index is 848. The number of nitrogens with zero attached hydrogens (tertiary/aromatic N) is 4. The molecule has 7 heteroatoms. The molecule has 1 aliphatic heterocycles. The van der Waals surface area contributed by atoms with E-state index in [4.69, 9.17) is 4.74 Å². The summed E-state index contributed by atoms with van der Waals surface area (Å²) < 4.78 is 7.70. The lowest BCUT2D eigenvalue weighted by atomic mass is 10.2. The Labute approximate surface area is 150 Å². The predicted molar refractivity (Wildman–Crippen MR) is 99.5 cm³/mol. The van der Waals surface area contributed by atoms with E-state index in [-0.39, 0.29) is 5.37 Å². The van der Waals surface area contributed by atoms with Gasteiger partial charge in [-0.2, -0.15) is 0 Å². The van der Waals surface area contributed by atoms with Crippen molar-refractivity contribution in [1.82, 2.24) is 14.9 Å². The van der Waals surface area contributed by atoms with Crippen molar-refractivity contribution in [3.05, 3.63) is 66.0 Å². The summed E-state index contributed by atoms with van der Waals surface area (Å²) in [6, 6.07) is 18.2. The molecule has 0 saturated carbocycles. The van der Waals surface area contributed by atoms with E-state index in [2.05, 4.69) is 44.8 Å². The minimum Gasteiger partial charge on any atom is -0.486 e. The van der Waals surface area contributed by atoms with Gasteiger partial charge in [0, 0.05) is 19.8 Å². The fraction of sp³-hybridized carbons (Fsp3) is 0.222. The van der Waals surface area contributed by atoms with Crippen LogP contribution in [0.15, 0.2) is 59.8 Å². The number of benzene rings is 2. The summed E-state index contributed by atoms with van der Waals surface area (Å²) in [7, 11) is 4.08. The van der Waals surface area contributed by atoms with Gasteiger partial charge in [-0.1, -0.05) is 42.1 Å². The maximum Gasteiger partial charge on any atom is 0.212 e. The van der Waals surface area contributed by atoms with Crippen LogP contribution in [0.3, 0.4) is 0 Å². The first kappa shape index (κ1) is 15.8. The van der Waals surface area contributed by atoms with Gasteiger partial charge in [0.2, 0.25) is 5.16 Å². The van der Waals surface area contributed by atoms with Crippen molar-refractivity contribution >= 4 is 17.4 Å². The van der Waals surface area contributed by atoms with E-state index in [1.807, 2.05) is 49.1 Å². The maximum atomic E-state index is 5.78. The Hall–Kier alpha value is -2.67. The minimum atomic E-state index is 0.122. The van der Waals surface area contributed by atoms with Crippen LogP contribution in [-0.4, -0.2) is 29.0 Å². The summed E-state index contributed by atoms with van der Waals surface area (Å²) in [6.07, 6.45) is 0. The molecule has 0 amide bonds. The molecule has 1 atom stereocenters. The Kier molecular flexibility index (Phi) is 4.23. The highest BCUT2D eigenvalue weighted by Crippen LogP contribution is 2.38. The molecule has 0 radical (unpaired) electrons. The van der Waals surface area contributed by atoms with Gasteiger partial charge in [0.25, 0.3) is 0 Å². The first-order valence-corrected chi connectivity index (χ1v) is 8.91. The van der Waals surface area contributed by atoms with Crippen molar-refractivity contribution in [3.8, 4) is 5.75 Å². The van der Waals surface area contributed by atoms with Gasteiger partial charge in [0.15, 0.2) is 5.82 Å². The maximum absolute atomic E-state index is 5.78. The first-order chi connectivity index (χ1) is 12.2. The van der Waals surface area contributed by atoms with Crippen LogP contribution in [0.2, 0.25) is 0 Å². The predicted octanol–water partition coefficient (Wildman–Crippen LogP) is 3.27. The lowest BCUT2D eigenvalue weighted by Gasteiger charge is -2.15. The molecule has 0 fully saturated rings. The quantitative estimate of drug-likeness (QED) is 0.760. The highest BCUT2D eigenvalue weighted by molar-refractivity contribution is 7.99. The zero-order valence-electron chi connectivity index (χ0n) is 14.1. The highest BCUT2D eigenvalue weighted by atomic mass is 32.2. The number of fused-ring (bicyclic) bond motifs is 1. The number of nitrogens with one attached hydrogen (secondary N) is 1. The summed E-state index contributed by atoms with van der Waals surface area (Å²) >= 11 is 1.66. The van der Waals surface area contributed by atoms with E-state index < -0.39 is 0 Å². The molecule has 2 heterocycles.